The zero-order valence-corrected chi connectivity index (χ0v) is 19.1. The largest absolute Gasteiger partial charge is 0.415 e. The lowest BCUT2D eigenvalue weighted by atomic mass is 10.1. The molecule has 10 heteroatoms. The number of pyridine rings is 1. The molecule has 1 saturated heterocycles. The van der Waals surface area contributed by atoms with Gasteiger partial charge < -0.3 is 26.4 Å². The third-order valence-corrected chi connectivity index (χ3v) is 6.11. The van der Waals surface area contributed by atoms with Gasteiger partial charge in [-0.15, -0.1) is 0 Å². The van der Waals surface area contributed by atoms with Crippen LogP contribution in [0.15, 0.2) is 61.1 Å². The maximum absolute atomic E-state index is 12.9. The molecule has 0 spiro atoms. The van der Waals surface area contributed by atoms with Crippen LogP contribution in [0.5, 0.6) is 5.75 Å². The molecular formula is C25H25N7O3. The Morgan fingerprint density at radius 3 is 2.74 bits per heavy atom. The van der Waals surface area contributed by atoms with Crippen molar-refractivity contribution in [2.75, 3.05) is 24.6 Å². The van der Waals surface area contributed by atoms with Gasteiger partial charge in [0.2, 0.25) is 0 Å². The summed E-state index contributed by atoms with van der Waals surface area (Å²) in [4.78, 5) is 31.4. The van der Waals surface area contributed by atoms with Crippen molar-refractivity contribution in [3.05, 3.63) is 66.6 Å². The summed E-state index contributed by atoms with van der Waals surface area (Å²) in [6.07, 6.45) is 5.21. The van der Waals surface area contributed by atoms with Crippen molar-refractivity contribution in [3.63, 3.8) is 0 Å². The second-order valence-corrected chi connectivity index (χ2v) is 8.53. The van der Waals surface area contributed by atoms with Crippen LogP contribution in [0.3, 0.4) is 0 Å². The number of nitrogens with two attached hydrogens (primary N) is 2. The summed E-state index contributed by atoms with van der Waals surface area (Å²) in [5.41, 5.74) is 14.4. The van der Waals surface area contributed by atoms with E-state index in [2.05, 4.69) is 15.4 Å². The Morgan fingerprint density at radius 2 is 1.94 bits per heavy atom. The summed E-state index contributed by atoms with van der Waals surface area (Å²) in [5.74, 6) is 0.100. The smallest absolute Gasteiger partial charge is 0.408 e. The van der Waals surface area contributed by atoms with E-state index in [0.29, 0.717) is 30.9 Å². The fraction of sp³-hybridized carbons (Fsp3) is 0.200. The van der Waals surface area contributed by atoms with E-state index < -0.39 is 6.09 Å². The first-order valence-corrected chi connectivity index (χ1v) is 11.2. The Morgan fingerprint density at radius 1 is 1.11 bits per heavy atom. The van der Waals surface area contributed by atoms with Crippen LogP contribution in [0.2, 0.25) is 0 Å². The fourth-order valence-electron chi connectivity index (χ4n) is 4.22. The molecule has 2 aromatic carbocycles. The number of anilines is 2. The maximum Gasteiger partial charge on any atom is 0.415 e. The van der Waals surface area contributed by atoms with Gasteiger partial charge in [-0.2, -0.15) is 5.10 Å². The van der Waals surface area contributed by atoms with E-state index in [4.69, 9.17) is 16.2 Å². The number of hydrogen-bond acceptors (Lipinski definition) is 7. The van der Waals surface area contributed by atoms with E-state index >= 15 is 0 Å². The molecule has 3 heterocycles. The molecule has 35 heavy (non-hydrogen) atoms. The Hall–Kier alpha value is -4.60. The normalized spacial score (nSPS) is 15.3. The number of aromatic nitrogens is 3. The van der Waals surface area contributed by atoms with Gasteiger partial charge in [-0.3, -0.25) is 9.48 Å². The van der Waals surface area contributed by atoms with Crippen molar-refractivity contribution < 1.29 is 14.3 Å². The summed E-state index contributed by atoms with van der Waals surface area (Å²) in [6, 6.07) is 12.6. The molecule has 0 unspecified atom stereocenters. The Labute approximate surface area is 201 Å². The molecular weight excluding hydrogens is 446 g/mol. The number of carbonyl (C=O) groups is 2. The highest BCUT2D eigenvalue weighted by Crippen LogP contribution is 2.31. The lowest BCUT2D eigenvalue weighted by Crippen LogP contribution is -2.39. The van der Waals surface area contributed by atoms with Crippen LogP contribution in [0.1, 0.15) is 16.8 Å². The van der Waals surface area contributed by atoms with Gasteiger partial charge >= 0.3 is 6.09 Å². The number of aryl methyl sites for hydroxylation is 1. The Kier molecular flexibility index (Phi) is 5.69. The molecule has 5 N–H and O–H groups in total. The monoisotopic (exact) mass is 471 g/mol. The van der Waals surface area contributed by atoms with Crippen LogP contribution >= 0.6 is 0 Å². The lowest BCUT2D eigenvalue weighted by molar-refractivity contribution is 0.0937. The minimum atomic E-state index is -0.511. The standard InChI is InChI=1S/C25H25N7O3/c1-31-13-17(12-29-31)16-10-20(23(27)28-11-16)24(33)30-18-8-9-32(14-18)25(34)35-21-7-6-15-4-2-3-5-19(15)22(21)26/h2-7,10-13,18H,8-9,14,26H2,1H3,(H2,27,28)(H,30,33)/t18-/m1/s1. The average Bonchev–Trinajstić information content (AvgIpc) is 3.50. The number of hydrogen-bond donors (Lipinski definition) is 3. The summed E-state index contributed by atoms with van der Waals surface area (Å²) < 4.78 is 7.24. The number of amides is 2. The average molecular weight is 472 g/mol. The van der Waals surface area contributed by atoms with E-state index in [1.54, 1.807) is 34.1 Å². The fourth-order valence-corrected chi connectivity index (χ4v) is 4.22. The summed E-state index contributed by atoms with van der Waals surface area (Å²) in [6.45, 7) is 0.758. The third-order valence-electron chi connectivity index (χ3n) is 6.11. The van der Waals surface area contributed by atoms with Crippen LogP contribution in [-0.2, 0) is 7.05 Å². The number of benzene rings is 2. The van der Waals surface area contributed by atoms with Gasteiger partial charge in [0.15, 0.2) is 5.75 Å². The maximum atomic E-state index is 12.9. The summed E-state index contributed by atoms with van der Waals surface area (Å²) in [5, 5.41) is 8.89. The van der Waals surface area contributed by atoms with Gasteiger partial charge in [-0.1, -0.05) is 30.3 Å². The van der Waals surface area contributed by atoms with Gasteiger partial charge in [0.05, 0.1) is 17.4 Å². The zero-order valence-electron chi connectivity index (χ0n) is 19.1. The number of nitrogens with zero attached hydrogens (tertiary/aromatic N) is 4. The first kappa shape index (κ1) is 22.2. The first-order chi connectivity index (χ1) is 16.9. The number of nitrogens with one attached hydrogen (secondary N) is 1. The van der Waals surface area contributed by atoms with Crippen molar-refractivity contribution in [2.24, 2.45) is 7.05 Å². The van der Waals surface area contributed by atoms with E-state index in [1.807, 2.05) is 43.6 Å². The third kappa shape index (κ3) is 4.45. The van der Waals surface area contributed by atoms with Gasteiger partial charge in [0.25, 0.3) is 5.91 Å². The Balaban J connectivity index is 1.23. The van der Waals surface area contributed by atoms with Gasteiger partial charge in [0.1, 0.15) is 5.82 Å². The Bertz CT molecular complexity index is 1430. The molecule has 1 fully saturated rings. The van der Waals surface area contributed by atoms with Gasteiger partial charge in [-0.25, -0.2) is 9.78 Å². The number of rotatable bonds is 4. The topological polar surface area (TPSA) is 141 Å². The first-order valence-electron chi connectivity index (χ1n) is 11.2. The van der Waals surface area contributed by atoms with E-state index in [1.165, 1.54) is 0 Å². The van der Waals surface area contributed by atoms with Gasteiger partial charge in [0, 0.05) is 55.1 Å². The van der Waals surface area contributed by atoms with Gasteiger partial charge in [-0.05, 0) is 23.9 Å². The predicted octanol–water partition coefficient (Wildman–Crippen LogP) is 2.80. The summed E-state index contributed by atoms with van der Waals surface area (Å²) in [7, 11) is 1.81. The molecule has 1 aliphatic rings. The molecule has 0 saturated carbocycles. The quantitative estimate of drug-likeness (QED) is 0.389. The van der Waals surface area contributed by atoms with Crippen LogP contribution in [0.4, 0.5) is 16.3 Å². The molecule has 0 radical (unpaired) electrons. The van der Waals surface area contributed by atoms with Crippen molar-refractivity contribution in [2.45, 2.75) is 12.5 Å². The minimum Gasteiger partial charge on any atom is -0.408 e. The molecule has 2 aromatic heterocycles. The molecule has 5 rings (SSSR count). The van der Waals surface area contributed by atoms with Crippen molar-refractivity contribution >= 4 is 34.3 Å². The number of fused-ring (bicyclic) bond motifs is 1. The second kappa shape index (κ2) is 8.98. The molecule has 0 bridgehead atoms. The van der Waals surface area contributed by atoms with Crippen molar-refractivity contribution in [1.82, 2.24) is 25.0 Å². The molecule has 0 aliphatic carbocycles. The molecule has 1 atom stereocenters. The SMILES string of the molecule is Cn1cc(-c2cnc(N)c(C(=O)N[C@@H]3CCN(C(=O)Oc4ccc5ccccc5c4N)C3)c2)cn1. The zero-order chi connectivity index (χ0) is 24.5. The lowest BCUT2D eigenvalue weighted by Gasteiger charge is -2.18. The van der Waals surface area contributed by atoms with Crippen LogP contribution in [0.25, 0.3) is 21.9 Å². The van der Waals surface area contributed by atoms with Crippen molar-refractivity contribution in [3.8, 4) is 16.9 Å². The second-order valence-electron chi connectivity index (χ2n) is 8.53. The highest BCUT2D eigenvalue weighted by molar-refractivity contribution is 5.99. The number of likely N-dealkylation sites (tertiary alicyclic amines) is 1. The van der Waals surface area contributed by atoms with E-state index in [0.717, 1.165) is 21.9 Å². The number of ether oxygens (including phenoxy) is 1. The highest BCUT2D eigenvalue weighted by Gasteiger charge is 2.30. The van der Waals surface area contributed by atoms with Crippen LogP contribution in [0, 0.1) is 0 Å². The summed E-state index contributed by atoms with van der Waals surface area (Å²) >= 11 is 0. The highest BCUT2D eigenvalue weighted by atomic mass is 16.6. The molecule has 1 aliphatic heterocycles. The number of carbonyl (C=O) groups excluding carboxylic acids is 2. The predicted molar refractivity (Wildman–Crippen MR) is 133 cm³/mol. The molecule has 2 amide bonds. The molecule has 4 aromatic rings. The van der Waals surface area contributed by atoms with Crippen LogP contribution in [-0.4, -0.2) is 50.8 Å². The number of nitrogen functional groups attached to an aromatic ring is 2. The van der Waals surface area contributed by atoms with E-state index in [9.17, 15) is 9.59 Å². The molecule has 10 nitrogen and oxygen atoms in total. The van der Waals surface area contributed by atoms with E-state index in [-0.39, 0.29) is 23.3 Å². The van der Waals surface area contributed by atoms with Crippen molar-refractivity contribution in [1.29, 1.82) is 0 Å². The minimum absolute atomic E-state index is 0.135. The molecule has 178 valence electrons. The van der Waals surface area contributed by atoms with Crippen LogP contribution < -0.4 is 21.5 Å².